The second-order valence-electron chi connectivity index (χ2n) is 5.60. The molecule has 2 amide bonds. The highest BCUT2D eigenvalue weighted by atomic mass is 16.5. The van der Waals surface area contributed by atoms with Crippen LogP contribution in [-0.2, 0) is 20.7 Å². The molecule has 6 N–H and O–H groups in total. The Labute approximate surface area is 145 Å². The van der Waals surface area contributed by atoms with Gasteiger partial charge in [0.15, 0.2) is 0 Å². The van der Waals surface area contributed by atoms with Crippen LogP contribution in [0.4, 0.5) is 5.69 Å². The van der Waals surface area contributed by atoms with Crippen LogP contribution in [0.3, 0.4) is 0 Å². The third kappa shape index (κ3) is 4.17. The van der Waals surface area contributed by atoms with Crippen molar-refractivity contribution >= 4 is 23.4 Å². The number of benzene rings is 1. The van der Waals surface area contributed by atoms with E-state index in [-0.39, 0.29) is 36.4 Å². The molecule has 1 aromatic carbocycles. The predicted octanol–water partition coefficient (Wildman–Crippen LogP) is 0.137. The second kappa shape index (κ2) is 7.52. The van der Waals surface area contributed by atoms with Crippen molar-refractivity contribution in [3.05, 3.63) is 54.0 Å². The van der Waals surface area contributed by atoms with Crippen LogP contribution < -0.4 is 22.1 Å². The van der Waals surface area contributed by atoms with Gasteiger partial charge in [-0.15, -0.1) is 0 Å². The molecule has 25 heavy (non-hydrogen) atoms. The molecule has 1 fully saturated rings. The summed E-state index contributed by atoms with van der Waals surface area (Å²) >= 11 is 0. The van der Waals surface area contributed by atoms with Gasteiger partial charge in [0.1, 0.15) is 17.5 Å². The maximum atomic E-state index is 12.9. The highest BCUT2D eigenvalue weighted by Crippen LogP contribution is 2.23. The van der Waals surface area contributed by atoms with Crippen molar-refractivity contribution in [1.82, 2.24) is 0 Å². The van der Waals surface area contributed by atoms with Crippen LogP contribution in [0, 0.1) is 0 Å². The molecule has 1 aliphatic heterocycles. The average Bonchev–Trinajstić information content (AvgIpc) is 2.64. The number of carbonyl (C=O) groups excluding carboxylic acids is 2. The molecule has 1 heterocycles. The summed E-state index contributed by atoms with van der Waals surface area (Å²) in [5, 5.41) is 0. The van der Waals surface area contributed by atoms with Gasteiger partial charge < -0.3 is 26.8 Å². The first-order valence-electron chi connectivity index (χ1n) is 7.63. The van der Waals surface area contributed by atoms with Crippen LogP contribution in [-0.4, -0.2) is 30.4 Å². The number of nitrogens with zero attached hydrogens (tertiary/aromatic N) is 2. The SMILES string of the molecule is C=C/N=C1/O[C@H](C)CN(c2ccc(CC(N)=O)cc2)C(=O)C1=C(N)N. The maximum Gasteiger partial charge on any atom is 0.267 e. The molecular weight excluding hydrogens is 322 g/mol. The smallest absolute Gasteiger partial charge is 0.267 e. The lowest BCUT2D eigenvalue weighted by atomic mass is 10.1. The topological polar surface area (TPSA) is 137 Å². The Balaban J connectivity index is 2.42. The van der Waals surface area contributed by atoms with E-state index < -0.39 is 11.8 Å². The van der Waals surface area contributed by atoms with Gasteiger partial charge in [0.25, 0.3) is 5.91 Å². The zero-order chi connectivity index (χ0) is 18.6. The summed E-state index contributed by atoms with van der Waals surface area (Å²) < 4.78 is 5.66. The Kier molecular flexibility index (Phi) is 5.43. The van der Waals surface area contributed by atoms with E-state index in [4.69, 9.17) is 21.9 Å². The third-order valence-corrected chi connectivity index (χ3v) is 3.55. The molecule has 0 unspecified atom stereocenters. The number of hydrogen-bond donors (Lipinski definition) is 3. The van der Waals surface area contributed by atoms with Gasteiger partial charge in [0.05, 0.1) is 13.0 Å². The monoisotopic (exact) mass is 343 g/mol. The number of rotatable bonds is 4. The van der Waals surface area contributed by atoms with Crippen LogP contribution in [0.1, 0.15) is 12.5 Å². The number of aliphatic imine (C=N–C) groups is 1. The van der Waals surface area contributed by atoms with Crippen molar-refractivity contribution in [2.24, 2.45) is 22.2 Å². The fourth-order valence-corrected chi connectivity index (χ4v) is 2.50. The minimum atomic E-state index is -0.424. The standard InChI is InChI=1S/C17H21N5O3/c1-3-21-16-14(15(19)20)17(24)22(9-10(2)25-16)12-6-4-11(5-7-12)8-13(18)23/h3-7,10H,1,8-9,19-20H2,2H3,(H2,18,23)/b21-16+/t10-/m1/s1. The fourth-order valence-electron chi connectivity index (χ4n) is 2.50. The van der Waals surface area contributed by atoms with Crippen molar-refractivity contribution in [1.29, 1.82) is 0 Å². The zero-order valence-corrected chi connectivity index (χ0v) is 13.9. The van der Waals surface area contributed by atoms with Crippen LogP contribution in [0.5, 0.6) is 0 Å². The van der Waals surface area contributed by atoms with E-state index in [1.807, 2.05) is 0 Å². The predicted molar refractivity (Wildman–Crippen MR) is 95.3 cm³/mol. The number of ether oxygens (including phenoxy) is 1. The summed E-state index contributed by atoms with van der Waals surface area (Å²) in [5.74, 6) is -0.991. The molecule has 8 nitrogen and oxygen atoms in total. The van der Waals surface area contributed by atoms with Crippen molar-refractivity contribution < 1.29 is 14.3 Å². The van der Waals surface area contributed by atoms with E-state index in [1.54, 1.807) is 31.2 Å². The molecule has 0 radical (unpaired) electrons. The largest absolute Gasteiger partial charge is 0.472 e. The van der Waals surface area contributed by atoms with Gasteiger partial charge in [-0.05, 0) is 24.6 Å². The molecular formula is C17H21N5O3. The van der Waals surface area contributed by atoms with E-state index in [0.717, 1.165) is 5.56 Å². The van der Waals surface area contributed by atoms with Gasteiger partial charge in [-0.25, -0.2) is 4.99 Å². The third-order valence-electron chi connectivity index (χ3n) is 3.55. The van der Waals surface area contributed by atoms with E-state index >= 15 is 0 Å². The molecule has 2 rings (SSSR count). The van der Waals surface area contributed by atoms with Crippen molar-refractivity contribution in [2.75, 3.05) is 11.4 Å². The Morgan fingerprint density at radius 3 is 2.52 bits per heavy atom. The summed E-state index contributed by atoms with van der Waals surface area (Å²) in [4.78, 5) is 29.4. The molecule has 0 saturated carbocycles. The van der Waals surface area contributed by atoms with Gasteiger partial charge in [-0.2, -0.15) is 0 Å². The minimum absolute atomic E-state index is 0.00883. The van der Waals surface area contributed by atoms with Crippen molar-refractivity contribution in [2.45, 2.75) is 19.4 Å². The lowest BCUT2D eigenvalue weighted by Crippen LogP contribution is -2.37. The van der Waals surface area contributed by atoms with Gasteiger partial charge in [0, 0.05) is 11.9 Å². The summed E-state index contributed by atoms with van der Waals surface area (Å²) in [6.07, 6.45) is 1.04. The number of primary amides is 1. The normalized spacial score (nSPS) is 19.3. The number of nitrogens with two attached hydrogens (primary N) is 3. The van der Waals surface area contributed by atoms with Crippen LogP contribution in [0.25, 0.3) is 0 Å². The highest BCUT2D eigenvalue weighted by molar-refractivity contribution is 6.24. The number of carbonyl (C=O) groups is 2. The average molecular weight is 343 g/mol. The van der Waals surface area contributed by atoms with Gasteiger partial charge >= 0.3 is 0 Å². The number of amides is 2. The van der Waals surface area contributed by atoms with E-state index in [2.05, 4.69) is 11.6 Å². The van der Waals surface area contributed by atoms with Gasteiger partial charge in [-0.3, -0.25) is 9.59 Å². The Bertz CT molecular complexity index is 748. The quantitative estimate of drug-likeness (QED) is 0.668. The lowest BCUT2D eigenvalue weighted by Gasteiger charge is -2.22. The van der Waals surface area contributed by atoms with E-state index in [1.165, 1.54) is 11.1 Å². The summed E-state index contributed by atoms with van der Waals surface area (Å²) in [6.45, 7) is 5.59. The van der Waals surface area contributed by atoms with Gasteiger partial charge in [-0.1, -0.05) is 18.7 Å². The molecule has 0 aliphatic carbocycles. The Hall–Kier alpha value is -3.29. The first kappa shape index (κ1) is 18.1. The molecule has 1 aromatic rings. The highest BCUT2D eigenvalue weighted by Gasteiger charge is 2.33. The first-order valence-corrected chi connectivity index (χ1v) is 7.63. The molecule has 1 atom stereocenters. The molecule has 1 aliphatic rings. The molecule has 0 bridgehead atoms. The van der Waals surface area contributed by atoms with E-state index in [0.29, 0.717) is 5.69 Å². The molecule has 0 aromatic heterocycles. The van der Waals surface area contributed by atoms with Crippen molar-refractivity contribution in [3.8, 4) is 0 Å². The zero-order valence-electron chi connectivity index (χ0n) is 13.9. The lowest BCUT2D eigenvalue weighted by molar-refractivity contribution is -0.117. The Morgan fingerprint density at radius 1 is 1.36 bits per heavy atom. The Morgan fingerprint density at radius 2 is 2.00 bits per heavy atom. The first-order chi connectivity index (χ1) is 11.8. The maximum absolute atomic E-state index is 12.9. The van der Waals surface area contributed by atoms with Gasteiger partial charge in [0.2, 0.25) is 11.8 Å². The van der Waals surface area contributed by atoms with Crippen LogP contribution in [0.15, 0.2) is 53.4 Å². The fraction of sp³-hybridized carbons (Fsp3) is 0.235. The van der Waals surface area contributed by atoms with Crippen molar-refractivity contribution in [3.63, 3.8) is 0 Å². The number of hydrogen-bond acceptors (Lipinski definition) is 6. The summed E-state index contributed by atoms with van der Waals surface area (Å²) in [6, 6.07) is 6.92. The van der Waals surface area contributed by atoms with Crippen LogP contribution in [0.2, 0.25) is 0 Å². The second-order valence-corrected chi connectivity index (χ2v) is 5.60. The molecule has 1 saturated heterocycles. The molecule has 8 heteroatoms. The molecule has 132 valence electrons. The molecule has 0 spiro atoms. The van der Waals surface area contributed by atoms with E-state index in [9.17, 15) is 9.59 Å². The minimum Gasteiger partial charge on any atom is -0.472 e. The summed E-state index contributed by atoms with van der Waals surface area (Å²) in [5.41, 5.74) is 17.9. The number of anilines is 1. The van der Waals surface area contributed by atoms with Crippen LogP contribution >= 0.6 is 0 Å². The summed E-state index contributed by atoms with van der Waals surface area (Å²) in [7, 11) is 0.